The number of hydrogen-bond donors (Lipinski definition) is 1. The van der Waals surface area contributed by atoms with Gasteiger partial charge >= 0.3 is 0 Å². The fourth-order valence-electron chi connectivity index (χ4n) is 3.20. The van der Waals surface area contributed by atoms with Crippen LogP contribution >= 0.6 is 0 Å². The molecule has 0 saturated carbocycles. The van der Waals surface area contributed by atoms with Crippen LogP contribution in [0.15, 0.2) is 0 Å². The van der Waals surface area contributed by atoms with E-state index >= 15 is 0 Å². The van der Waals surface area contributed by atoms with Gasteiger partial charge in [0, 0.05) is 12.6 Å². The molecular formula is C14H29N3. The molecule has 0 aliphatic carbocycles. The Balaban J connectivity index is 1.65. The normalized spacial score (nSPS) is 32.8. The lowest BCUT2D eigenvalue weighted by molar-refractivity contribution is 0.296. The van der Waals surface area contributed by atoms with Crippen LogP contribution < -0.4 is 5.32 Å². The highest BCUT2D eigenvalue weighted by Gasteiger charge is 2.21. The molecule has 100 valence electrons. The number of hydrogen-bond acceptors (Lipinski definition) is 3. The highest BCUT2D eigenvalue weighted by molar-refractivity contribution is 4.79. The first-order chi connectivity index (χ1) is 8.28. The lowest BCUT2D eigenvalue weighted by Gasteiger charge is -2.20. The molecule has 3 nitrogen and oxygen atoms in total. The van der Waals surface area contributed by atoms with Crippen LogP contribution in [0.25, 0.3) is 0 Å². The molecule has 0 spiro atoms. The van der Waals surface area contributed by atoms with Crippen LogP contribution in [0.4, 0.5) is 0 Å². The first kappa shape index (κ1) is 13.3. The molecule has 17 heavy (non-hydrogen) atoms. The molecule has 2 atom stereocenters. The summed E-state index contributed by atoms with van der Waals surface area (Å²) in [6.45, 7) is 9.92. The molecular weight excluding hydrogens is 210 g/mol. The molecule has 3 heteroatoms. The fraction of sp³-hybridized carbons (Fsp3) is 1.00. The van der Waals surface area contributed by atoms with Gasteiger partial charge in [-0.3, -0.25) is 0 Å². The van der Waals surface area contributed by atoms with Gasteiger partial charge in [0.1, 0.15) is 0 Å². The Morgan fingerprint density at radius 1 is 1.12 bits per heavy atom. The lowest BCUT2D eigenvalue weighted by Crippen LogP contribution is -2.35. The monoisotopic (exact) mass is 239 g/mol. The summed E-state index contributed by atoms with van der Waals surface area (Å²) < 4.78 is 0. The topological polar surface area (TPSA) is 18.5 Å². The highest BCUT2D eigenvalue weighted by atomic mass is 15.1. The minimum atomic E-state index is 0.775. The lowest BCUT2D eigenvalue weighted by atomic mass is 10.1. The molecule has 2 rings (SSSR count). The zero-order chi connectivity index (χ0) is 12.1. The first-order valence-corrected chi connectivity index (χ1v) is 7.42. The standard InChI is InChI=1S/C14H29N3/c1-3-17-8-4-5-14(7-10-17)15-11-13-6-9-16(2)12-13/h13-15H,3-12H2,1-2H3. The van der Waals surface area contributed by atoms with E-state index in [0.717, 1.165) is 12.0 Å². The molecule has 0 aromatic rings. The Morgan fingerprint density at radius 2 is 2.00 bits per heavy atom. The summed E-state index contributed by atoms with van der Waals surface area (Å²) in [6.07, 6.45) is 5.48. The molecule has 0 amide bonds. The van der Waals surface area contributed by atoms with Crippen molar-refractivity contribution < 1.29 is 0 Å². The van der Waals surface area contributed by atoms with Gasteiger partial charge in [0.15, 0.2) is 0 Å². The number of nitrogens with zero attached hydrogens (tertiary/aromatic N) is 2. The molecule has 0 aromatic heterocycles. The van der Waals surface area contributed by atoms with Crippen molar-refractivity contribution in [2.45, 2.75) is 38.6 Å². The van der Waals surface area contributed by atoms with Gasteiger partial charge in [0.2, 0.25) is 0 Å². The van der Waals surface area contributed by atoms with Crippen molar-refractivity contribution in [3.8, 4) is 0 Å². The Morgan fingerprint density at radius 3 is 2.71 bits per heavy atom. The van der Waals surface area contributed by atoms with Crippen molar-refractivity contribution in [2.24, 2.45) is 5.92 Å². The largest absolute Gasteiger partial charge is 0.314 e. The third kappa shape index (κ3) is 4.23. The highest BCUT2D eigenvalue weighted by Crippen LogP contribution is 2.15. The molecule has 2 heterocycles. The molecule has 2 saturated heterocycles. The van der Waals surface area contributed by atoms with Crippen LogP contribution in [-0.4, -0.2) is 62.2 Å². The van der Waals surface area contributed by atoms with Crippen molar-refractivity contribution in [2.75, 3.05) is 46.3 Å². The van der Waals surface area contributed by atoms with E-state index in [0.29, 0.717) is 0 Å². The third-order valence-corrected chi connectivity index (χ3v) is 4.45. The van der Waals surface area contributed by atoms with Crippen LogP contribution in [0.1, 0.15) is 32.6 Å². The van der Waals surface area contributed by atoms with E-state index in [4.69, 9.17) is 0 Å². The average Bonchev–Trinajstić information content (AvgIpc) is 2.63. The van der Waals surface area contributed by atoms with Crippen LogP contribution in [0.3, 0.4) is 0 Å². The summed E-state index contributed by atoms with van der Waals surface area (Å²) in [6, 6.07) is 0.775. The van der Waals surface area contributed by atoms with Gasteiger partial charge in [-0.2, -0.15) is 0 Å². The second kappa shape index (κ2) is 6.72. The maximum absolute atomic E-state index is 3.82. The predicted octanol–water partition coefficient (Wildman–Crippen LogP) is 1.40. The van der Waals surface area contributed by atoms with Gasteiger partial charge in [0.05, 0.1) is 0 Å². The average molecular weight is 239 g/mol. The van der Waals surface area contributed by atoms with Crippen LogP contribution in [0.2, 0.25) is 0 Å². The van der Waals surface area contributed by atoms with E-state index in [9.17, 15) is 0 Å². The number of nitrogens with one attached hydrogen (secondary N) is 1. The molecule has 2 unspecified atom stereocenters. The van der Waals surface area contributed by atoms with Crippen LogP contribution in [-0.2, 0) is 0 Å². The summed E-state index contributed by atoms with van der Waals surface area (Å²) in [7, 11) is 2.24. The second-order valence-electron chi connectivity index (χ2n) is 5.89. The van der Waals surface area contributed by atoms with Gasteiger partial charge < -0.3 is 15.1 Å². The Kier molecular flexibility index (Phi) is 5.26. The first-order valence-electron chi connectivity index (χ1n) is 7.42. The quantitative estimate of drug-likeness (QED) is 0.800. The van der Waals surface area contributed by atoms with Crippen molar-refractivity contribution >= 4 is 0 Å². The van der Waals surface area contributed by atoms with Gasteiger partial charge in [0.25, 0.3) is 0 Å². The zero-order valence-corrected chi connectivity index (χ0v) is 11.6. The van der Waals surface area contributed by atoms with E-state index in [1.165, 1.54) is 65.0 Å². The van der Waals surface area contributed by atoms with E-state index in [-0.39, 0.29) is 0 Å². The Labute approximate surface area is 107 Å². The molecule has 2 fully saturated rings. The van der Waals surface area contributed by atoms with Crippen LogP contribution in [0.5, 0.6) is 0 Å². The van der Waals surface area contributed by atoms with E-state index in [1.807, 2.05) is 0 Å². The number of likely N-dealkylation sites (tertiary alicyclic amines) is 2. The molecule has 2 aliphatic rings. The summed E-state index contributed by atoms with van der Waals surface area (Å²) in [5.74, 6) is 0.894. The fourth-order valence-corrected chi connectivity index (χ4v) is 3.20. The van der Waals surface area contributed by atoms with Gasteiger partial charge in [-0.1, -0.05) is 6.92 Å². The predicted molar refractivity (Wildman–Crippen MR) is 73.4 cm³/mol. The van der Waals surface area contributed by atoms with Crippen molar-refractivity contribution in [1.82, 2.24) is 15.1 Å². The van der Waals surface area contributed by atoms with Gasteiger partial charge in [-0.05, 0) is 71.4 Å². The van der Waals surface area contributed by atoms with Crippen molar-refractivity contribution in [1.29, 1.82) is 0 Å². The maximum Gasteiger partial charge on any atom is 0.00798 e. The van der Waals surface area contributed by atoms with E-state index in [1.54, 1.807) is 0 Å². The van der Waals surface area contributed by atoms with E-state index in [2.05, 4.69) is 29.1 Å². The zero-order valence-electron chi connectivity index (χ0n) is 11.6. The van der Waals surface area contributed by atoms with Gasteiger partial charge in [-0.15, -0.1) is 0 Å². The van der Waals surface area contributed by atoms with Gasteiger partial charge in [-0.25, -0.2) is 0 Å². The summed E-state index contributed by atoms with van der Waals surface area (Å²) in [4.78, 5) is 5.04. The summed E-state index contributed by atoms with van der Waals surface area (Å²) >= 11 is 0. The Bertz CT molecular complexity index is 220. The molecule has 0 radical (unpaired) electrons. The second-order valence-corrected chi connectivity index (χ2v) is 5.89. The third-order valence-electron chi connectivity index (χ3n) is 4.45. The molecule has 1 N–H and O–H groups in total. The minimum Gasteiger partial charge on any atom is -0.314 e. The van der Waals surface area contributed by atoms with Crippen molar-refractivity contribution in [3.05, 3.63) is 0 Å². The SMILES string of the molecule is CCN1CCCC(NCC2CCN(C)C2)CC1. The summed E-state index contributed by atoms with van der Waals surface area (Å²) in [5.41, 5.74) is 0. The Hall–Kier alpha value is -0.120. The molecule has 0 aromatic carbocycles. The molecule has 0 bridgehead atoms. The number of rotatable bonds is 4. The summed E-state index contributed by atoms with van der Waals surface area (Å²) in [5, 5.41) is 3.82. The maximum atomic E-state index is 3.82. The van der Waals surface area contributed by atoms with Crippen LogP contribution in [0, 0.1) is 5.92 Å². The smallest absolute Gasteiger partial charge is 0.00798 e. The van der Waals surface area contributed by atoms with E-state index < -0.39 is 0 Å². The van der Waals surface area contributed by atoms with Crippen molar-refractivity contribution in [3.63, 3.8) is 0 Å². The molecule has 2 aliphatic heterocycles. The minimum absolute atomic E-state index is 0.775.